The lowest BCUT2D eigenvalue weighted by Crippen LogP contribution is -2.41. The number of amides is 1. The van der Waals surface area contributed by atoms with E-state index in [0.29, 0.717) is 50.5 Å². The van der Waals surface area contributed by atoms with Gasteiger partial charge in [0.1, 0.15) is 0 Å². The van der Waals surface area contributed by atoms with Gasteiger partial charge in [-0.15, -0.1) is 12.4 Å². The third-order valence-corrected chi connectivity index (χ3v) is 6.97. The van der Waals surface area contributed by atoms with E-state index in [2.05, 4.69) is 0 Å². The van der Waals surface area contributed by atoms with E-state index in [9.17, 15) is 13.2 Å². The molecule has 0 radical (unpaired) electrons. The smallest absolute Gasteiger partial charge is 0.254 e. The first-order valence-electron chi connectivity index (χ1n) is 8.64. The Bertz CT molecular complexity index is 750. The number of benzene rings is 1. The third-order valence-electron chi connectivity index (χ3n) is 4.93. The summed E-state index contributed by atoms with van der Waals surface area (Å²) in [6, 6.07) is 4.94. The zero-order valence-electron chi connectivity index (χ0n) is 14.9. The maximum Gasteiger partial charge on any atom is 0.254 e. The highest BCUT2D eigenvalue weighted by Gasteiger charge is 2.31. The predicted molar refractivity (Wildman–Crippen MR) is 101 cm³/mol. The normalized spacial score (nSPS) is 21.5. The Morgan fingerprint density at radius 3 is 2.62 bits per heavy atom. The highest BCUT2D eigenvalue weighted by molar-refractivity contribution is 7.89. The van der Waals surface area contributed by atoms with E-state index in [4.69, 9.17) is 10.5 Å². The van der Waals surface area contributed by atoms with E-state index < -0.39 is 10.0 Å². The average Bonchev–Trinajstić information content (AvgIpc) is 3.11. The Hall–Kier alpha value is -1.19. The van der Waals surface area contributed by atoms with Crippen molar-refractivity contribution >= 4 is 28.3 Å². The van der Waals surface area contributed by atoms with Gasteiger partial charge in [-0.2, -0.15) is 4.31 Å². The molecule has 2 heterocycles. The van der Waals surface area contributed by atoms with Crippen molar-refractivity contribution in [1.82, 2.24) is 9.21 Å². The van der Waals surface area contributed by atoms with Gasteiger partial charge in [0, 0.05) is 37.8 Å². The fraction of sp³-hybridized carbons (Fsp3) is 0.588. The van der Waals surface area contributed by atoms with Crippen LogP contribution >= 0.6 is 12.4 Å². The van der Waals surface area contributed by atoms with Gasteiger partial charge in [0.25, 0.3) is 5.91 Å². The highest BCUT2D eigenvalue weighted by Crippen LogP contribution is 2.25. The van der Waals surface area contributed by atoms with Crippen molar-refractivity contribution in [2.24, 2.45) is 5.73 Å². The zero-order chi connectivity index (χ0) is 18.0. The van der Waals surface area contributed by atoms with Crippen molar-refractivity contribution in [3.8, 4) is 0 Å². The van der Waals surface area contributed by atoms with Crippen LogP contribution in [0, 0.1) is 6.92 Å². The average molecular weight is 404 g/mol. The second kappa shape index (κ2) is 8.67. The number of ether oxygens (including phenoxy) is 1. The number of halogens is 1. The van der Waals surface area contributed by atoms with Gasteiger partial charge in [0.2, 0.25) is 10.0 Å². The maximum absolute atomic E-state index is 13.0. The quantitative estimate of drug-likeness (QED) is 0.809. The standard InChI is InChI=1S/C17H25N3O4S.ClH/c1-13-4-5-14(17(21)20-6-2-3-15(20)12-18)11-16(13)25(22,23)19-7-9-24-10-8-19;/h4-5,11,15H,2-3,6-10,12,18H2,1H3;1H. The topological polar surface area (TPSA) is 92.9 Å². The second-order valence-corrected chi connectivity index (χ2v) is 8.43. The van der Waals surface area contributed by atoms with Gasteiger partial charge >= 0.3 is 0 Å². The Morgan fingerprint density at radius 1 is 1.27 bits per heavy atom. The summed E-state index contributed by atoms with van der Waals surface area (Å²) in [4.78, 5) is 14.8. The molecule has 1 unspecified atom stereocenters. The zero-order valence-corrected chi connectivity index (χ0v) is 16.5. The largest absolute Gasteiger partial charge is 0.379 e. The lowest BCUT2D eigenvalue weighted by atomic mass is 10.1. The molecule has 1 amide bonds. The summed E-state index contributed by atoms with van der Waals surface area (Å²) in [5, 5.41) is 0. The van der Waals surface area contributed by atoms with E-state index in [0.717, 1.165) is 12.8 Å². The molecule has 146 valence electrons. The molecule has 7 nitrogen and oxygen atoms in total. The van der Waals surface area contributed by atoms with Gasteiger partial charge < -0.3 is 15.4 Å². The number of morpholine rings is 1. The van der Waals surface area contributed by atoms with Crippen LogP contribution in [0.15, 0.2) is 23.1 Å². The van der Waals surface area contributed by atoms with Gasteiger partial charge in [0.15, 0.2) is 0 Å². The number of hydrogen-bond acceptors (Lipinski definition) is 5. The summed E-state index contributed by atoms with van der Waals surface area (Å²) in [5.41, 5.74) is 6.79. The molecule has 1 aromatic carbocycles. The van der Waals surface area contributed by atoms with Crippen molar-refractivity contribution in [1.29, 1.82) is 0 Å². The van der Waals surface area contributed by atoms with E-state index >= 15 is 0 Å². The molecule has 26 heavy (non-hydrogen) atoms. The molecule has 2 fully saturated rings. The molecule has 0 saturated carbocycles. The fourth-order valence-corrected chi connectivity index (χ4v) is 5.11. The van der Waals surface area contributed by atoms with Crippen LogP contribution in [0.4, 0.5) is 0 Å². The summed E-state index contributed by atoms with van der Waals surface area (Å²) in [5.74, 6) is -0.147. The molecular formula is C17H26ClN3O4S. The Kier molecular flexibility index (Phi) is 7.04. The second-order valence-electron chi connectivity index (χ2n) is 6.53. The van der Waals surface area contributed by atoms with Crippen molar-refractivity contribution in [2.45, 2.75) is 30.7 Å². The number of sulfonamides is 1. The Morgan fingerprint density at radius 2 is 1.96 bits per heavy atom. The number of nitrogens with two attached hydrogens (primary N) is 1. The highest BCUT2D eigenvalue weighted by atomic mass is 35.5. The first-order valence-corrected chi connectivity index (χ1v) is 10.1. The van der Waals surface area contributed by atoms with Crippen LogP contribution in [-0.2, 0) is 14.8 Å². The number of hydrogen-bond donors (Lipinski definition) is 1. The molecule has 0 bridgehead atoms. The summed E-state index contributed by atoms with van der Waals surface area (Å²) in [6.45, 7) is 4.30. The van der Waals surface area contributed by atoms with Crippen molar-refractivity contribution in [3.63, 3.8) is 0 Å². The molecule has 0 spiro atoms. The van der Waals surface area contributed by atoms with Crippen LogP contribution in [0.5, 0.6) is 0 Å². The first kappa shape index (κ1) is 21.1. The molecule has 9 heteroatoms. The van der Waals surface area contributed by atoms with Gasteiger partial charge in [-0.25, -0.2) is 8.42 Å². The number of likely N-dealkylation sites (tertiary alicyclic amines) is 1. The summed E-state index contributed by atoms with van der Waals surface area (Å²) in [7, 11) is -3.63. The fourth-order valence-electron chi connectivity index (χ4n) is 3.45. The number of nitrogens with zero attached hydrogens (tertiary/aromatic N) is 2. The number of carbonyl (C=O) groups is 1. The van der Waals surface area contributed by atoms with Crippen LogP contribution in [-0.4, -0.2) is 69.0 Å². The van der Waals surface area contributed by atoms with Crippen molar-refractivity contribution in [3.05, 3.63) is 29.3 Å². The minimum atomic E-state index is -3.63. The van der Waals surface area contributed by atoms with Crippen LogP contribution in [0.2, 0.25) is 0 Å². The number of carbonyl (C=O) groups excluding carboxylic acids is 1. The monoisotopic (exact) mass is 403 g/mol. The van der Waals surface area contributed by atoms with Crippen LogP contribution in [0.1, 0.15) is 28.8 Å². The molecule has 3 rings (SSSR count). The molecule has 1 aromatic rings. The first-order chi connectivity index (χ1) is 11.9. The minimum absolute atomic E-state index is 0. The van der Waals surface area contributed by atoms with E-state index in [-0.39, 0.29) is 29.3 Å². The molecule has 2 aliphatic rings. The molecule has 2 N–H and O–H groups in total. The van der Waals surface area contributed by atoms with E-state index in [1.54, 1.807) is 24.0 Å². The lowest BCUT2D eigenvalue weighted by molar-refractivity contribution is 0.0728. The molecule has 2 saturated heterocycles. The number of rotatable bonds is 4. The lowest BCUT2D eigenvalue weighted by Gasteiger charge is -2.27. The summed E-state index contributed by atoms with van der Waals surface area (Å²) in [6.07, 6.45) is 1.82. The van der Waals surface area contributed by atoms with Crippen LogP contribution in [0.3, 0.4) is 0 Å². The van der Waals surface area contributed by atoms with Crippen LogP contribution < -0.4 is 5.73 Å². The predicted octanol–water partition coefficient (Wildman–Crippen LogP) is 1.00. The van der Waals surface area contributed by atoms with Gasteiger partial charge in [0.05, 0.1) is 18.1 Å². The summed E-state index contributed by atoms with van der Waals surface area (Å²) >= 11 is 0. The Labute approximate surface area is 160 Å². The maximum atomic E-state index is 13.0. The van der Waals surface area contributed by atoms with Gasteiger partial charge in [-0.3, -0.25) is 4.79 Å². The molecule has 1 atom stereocenters. The van der Waals surface area contributed by atoms with Gasteiger partial charge in [-0.1, -0.05) is 6.07 Å². The van der Waals surface area contributed by atoms with Gasteiger partial charge in [-0.05, 0) is 37.5 Å². The molecular weight excluding hydrogens is 378 g/mol. The molecule has 2 aliphatic heterocycles. The minimum Gasteiger partial charge on any atom is -0.379 e. The van der Waals surface area contributed by atoms with Crippen LogP contribution in [0.25, 0.3) is 0 Å². The molecule has 0 aromatic heterocycles. The van der Waals surface area contributed by atoms with Crippen molar-refractivity contribution in [2.75, 3.05) is 39.4 Å². The third kappa shape index (κ3) is 4.04. The molecule has 0 aliphatic carbocycles. The van der Waals surface area contributed by atoms with E-state index in [1.165, 1.54) is 10.4 Å². The van der Waals surface area contributed by atoms with Crippen molar-refractivity contribution < 1.29 is 17.9 Å². The Balaban J connectivity index is 0.00000243. The van der Waals surface area contributed by atoms with E-state index in [1.807, 2.05) is 0 Å². The SMILES string of the molecule is Cc1ccc(C(=O)N2CCCC2CN)cc1S(=O)(=O)N1CCOCC1.Cl. The summed E-state index contributed by atoms with van der Waals surface area (Å²) < 4.78 is 32.6. The number of aryl methyl sites for hydroxylation is 1.